The van der Waals surface area contributed by atoms with Crippen LogP contribution < -0.4 is 16.0 Å². The minimum Gasteiger partial charge on any atom is -0.352 e. The van der Waals surface area contributed by atoms with Crippen LogP contribution in [0.5, 0.6) is 0 Å². The van der Waals surface area contributed by atoms with Crippen molar-refractivity contribution in [3.05, 3.63) is 65.2 Å². The number of amides is 3. The average Bonchev–Trinajstić information content (AvgIpc) is 2.55. The summed E-state index contributed by atoms with van der Waals surface area (Å²) in [6, 6.07) is 14.4. The van der Waals surface area contributed by atoms with Crippen molar-refractivity contribution in [3.63, 3.8) is 0 Å². The first kappa shape index (κ1) is 16.5. The quantitative estimate of drug-likeness (QED) is 0.794. The van der Waals surface area contributed by atoms with E-state index in [0.717, 1.165) is 11.1 Å². The Bertz CT molecular complexity index is 681. The van der Waals surface area contributed by atoms with Gasteiger partial charge < -0.3 is 16.0 Å². The second kappa shape index (κ2) is 7.98. The summed E-state index contributed by atoms with van der Waals surface area (Å²) in [7, 11) is 0. The Morgan fingerprint density at radius 1 is 0.957 bits per heavy atom. The molecule has 5 heteroatoms. The largest absolute Gasteiger partial charge is 0.352 e. The minimum atomic E-state index is -0.279. The highest BCUT2D eigenvalue weighted by molar-refractivity contribution is 5.95. The third-order valence-corrected chi connectivity index (χ3v) is 3.44. The Labute approximate surface area is 136 Å². The van der Waals surface area contributed by atoms with Gasteiger partial charge in [-0.3, -0.25) is 4.79 Å². The smallest absolute Gasteiger partial charge is 0.319 e. The molecule has 0 aliphatic carbocycles. The lowest BCUT2D eigenvalue weighted by molar-refractivity contribution is 0.0956. The van der Waals surface area contributed by atoms with E-state index in [-0.39, 0.29) is 11.9 Å². The maximum absolute atomic E-state index is 11.9. The van der Waals surface area contributed by atoms with Crippen LogP contribution in [0.1, 0.15) is 28.4 Å². The van der Waals surface area contributed by atoms with E-state index in [1.807, 2.05) is 38.1 Å². The van der Waals surface area contributed by atoms with Gasteiger partial charge in [0, 0.05) is 24.3 Å². The zero-order chi connectivity index (χ0) is 16.7. The molecule has 3 amide bonds. The lowest BCUT2D eigenvalue weighted by Gasteiger charge is -2.10. The van der Waals surface area contributed by atoms with Gasteiger partial charge in [0.25, 0.3) is 5.91 Å². The first-order valence-electron chi connectivity index (χ1n) is 7.57. The molecule has 0 bridgehead atoms. The molecule has 120 valence electrons. The second-order valence-electron chi connectivity index (χ2n) is 5.17. The number of aryl methyl sites for hydroxylation is 1. The monoisotopic (exact) mass is 311 g/mol. The Kier molecular flexibility index (Phi) is 5.74. The van der Waals surface area contributed by atoms with Gasteiger partial charge in [-0.25, -0.2) is 4.79 Å². The Morgan fingerprint density at radius 3 is 2.30 bits per heavy atom. The molecule has 0 aliphatic rings. The summed E-state index contributed by atoms with van der Waals surface area (Å²) in [4.78, 5) is 23.6. The third-order valence-electron chi connectivity index (χ3n) is 3.44. The fourth-order valence-electron chi connectivity index (χ4n) is 2.13. The molecular formula is C18H21N3O2. The summed E-state index contributed by atoms with van der Waals surface area (Å²) in [5, 5.41) is 8.29. The van der Waals surface area contributed by atoms with Gasteiger partial charge in [0.15, 0.2) is 0 Å². The summed E-state index contributed by atoms with van der Waals surface area (Å²) in [5.41, 5.74) is 3.42. The van der Waals surface area contributed by atoms with E-state index in [2.05, 4.69) is 16.0 Å². The van der Waals surface area contributed by atoms with Crippen molar-refractivity contribution >= 4 is 17.6 Å². The highest BCUT2D eigenvalue weighted by Crippen LogP contribution is 2.10. The van der Waals surface area contributed by atoms with Gasteiger partial charge in [-0.05, 0) is 49.2 Å². The summed E-state index contributed by atoms with van der Waals surface area (Å²) in [6.07, 6.45) is 0. The molecule has 0 radical (unpaired) electrons. The highest BCUT2D eigenvalue weighted by Gasteiger charge is 2.06. The van der Waals surface area contributed by atoms with E-state index in [4.69, 9.17) is 0 Å². The Hall–Kier alpha value is -2.82. The van der Waals surface area contributed by atoms with Crippen LogP contribution in [0.2, 0.25) is 0 Å². The van der Waals surface area contributed by atoms with Crippen LogP contribution in [0.4, 0.5) is 10.5 Å². The predicted molar refractivity (Wildman–Crippen MR) is 91.5 cm³/mol. The lowest BCUT2D eigenvalue weighted by Crippen LogP contribution is -2.28. The maximum Gasteiger partial charge on any atom is 0.319 e. The topological polar surface area (TPSA) is 70.2 Å². The number of urea groups is 1. The number of benzene rings is 2. The van der Waals surface area contributed by atoms with Crippen molar-refractivity contribution < 1.29 is 9.59 Å². The maximum atomic E-state index is 11.9. The van der Waals surface area contributed by atoms with Gasteiger partial charge in [-0.15, -0.1) is 0 Å². The molecule has 0 saturated heterocycles. The van der Waals surface area contributed by atoms with Crippen LogP contribution in [0.3, 0.4) is 0 Å². The number of hydrogen-bond acceptors (Lipinski definition) is 2. The second-order valence-corrected chi connectivity index (χ2v) is 5.17. The van der Waals surface area contributed by atoms with Crippen LogP contribution in [-0.2, 0) is 6.54 Å². The number of anilines is 1. The van der Waals surface area contributed by atoms with Gasteiger partial charge in [0.2, 0.25) is 0 Å². The van der Waals surface area contributed by atoms with E-state index in [9.17, 15) is 9.59 Å². The molecule has 0 spiro atoms. The standard InChI is InChI=1S/C18H21N3O2/c1-3-19-17(22)14-8-10-16(11-9-14)21-18(23)20-12-15-7-5-4-6-13(15)2/h4-11H,3,12H2,1-2H3,(H,19,22)(H2,20,21,23). The Morgan fingerprint density at radius 2 is 1.65 bits per heavy atom. The van der Waals surface area contributed by atoms with Crippen LogP contribution in [0, 0.1) is 6.92 Å². The summed E-state index contributed by atoms with van der Waals surface area (Å²) in [5.74, 6) is -0.122. The SMILES string of the molecule is CCNC(=O)c1ccc(NC(=O)NCc2ccccc2C)cc1. The van der Waals surface area contributed by atoms with E-state index >= 15 is 0 Å². The number of nitrogens with one attached hydrogen (secondary N) is 3. The molecule has 5 nitrogen and oxygen atoms in total. The molecule has 0 aromatic heterocycles. The number of carbonyl (C=O) groups excluding carboxylic acids is 2. The molecule has 0 unspecified atom stereocenters. The van der Waals surface area contributed by atoms with Crippen LogP contribution in [-0.4, -0.2) is 18.5 Å². The molecule has 0 saturated carbocycles. The van der Waals surface area contributed by atoms with E-state index in [1.165, 1.54) is 0 Å². The van der Waals surface area contributed by atoms with Gasteiger partial charge >= 0.3 is 6.03 Å². The first-order chi connectivity index (χ1) is 11.1. The lowest BCUT2D eigenvalue weighted by atomic mass is 10.1. The van der Waals surface area contributed by atoms with E-state index < -0.39 is 0 Å². The first-order valence-corrected chi connectivity index (χ1v) is 7.57. The number of carbonyl (C=O) groups is 2. The number of rotatable bonds is 5. The van der Waals surface area contributed by atoms with Crippen molar-refractivity contribution in [3.8, 4) is 0 Å². The molecule has 0 heterocycles. The normalized spacial score (nSPS) is 10.0. The highest BCUT2D eigenvalue weighted by atomic mass is 16.2. The molecule has 2 aromatic rings. The molecule has 0 atom stereocenters. The van der Waals surface area contributed by atoms with Gasteiger partial charge in [0.1, 0.15) is 0 Å². The molecule has 3 N–H and O–H groups in total. The van der Waals surface area contributed by atoms with Crippen molar-refractivity contribution in [2.75, 3.05) is 11.9 Å². The summed E-state index contributed by atoms with van der Waals surface area (Å²) >= 11 is 0. The van der Waals surface area contributed by atoms with Crippen LogP contribution in [0.25, 0.3) is 0 Å². The van der Waals surface area contributed by atoms with Gasteiger partial charge in [-0.2, -0.15) is 0 Å². The van der Waals surface area contributed by atoms with Gasteiger partial charge in [0.05, 0.1) is 0 Å². The number of hydrogen-bond donors (Lipinski definition) is 3. The molecular weight excluding hydrogens is 290 g/mol. The fourth-order valence-corrected chi connectivity index (χ4v) is 2.13. The van der Waals surface area contributed by atoms with Crippen molar-refractivity contribution in [2.45, 2.75) is 20.4 Å². The van der Waals surface area contributed by atoms with E-state index in [1.54, 1.807) is 24.3 Å². The van der Waals surface area contributed by atoms with Crippen molar-refractivity contribution in [1.29, 1.82) is 0 Å². The molecule has 0 fully saturated rings. The summed E-state index contributed by atoms with van der Waals surface area (Å²) in [6.45, 7) is 4.93. The van der Waals surface area contributed by atoms with E-state index in [0.29, 0.717) is 24.3 Å². The fraction of sp³-hybridized carbons (Fsp3) is 0.222. The molecule has 23 heavy (non-hydrogen) atoms. The van der Waals surface area contributed by atoms with Gasteiger partial charge in [-0.1, -0.05) is 24.3 Å². The molecule has 2 aromatic carbocycles. The van der Waals surface area contributed by atoms with Crippen molar-refractivity contribution in [1.82, 2.24) is 10.6 Å². The molecule has 0 aliphatic heterocycles. The van der Waals surface area contributed by atoms with Crippen molar-refractivity contribution in [2.24, 2.45) is 0 Å². The summed E-state index contributed by atoms with van der Waals surface area (Å²) < 4.78 is 0. The average molecular weight is 311 g/mol. The van der Waals surface area contributed by atoms with Crippen LogP contribution >= 0.6 is 0 Å². The molecule has 2 rings (SSSR count). The van der Waals surface area contributed by atoms with Crippen LogP contribution in [0.15, 0.2) is 48.5 Å². The minimum absolute atomic E-state index is 0.122. The predicted octanol–water partition coefficient (Wildman–Crippen LogP) is 3.07. The zero-order valence-electron chi connectivity index (χ0n) is 13.3. The zero-order valence-corrected chi connectivity index (χ0v) is 13.3. The Balaban J connectivity index is 1.88. The third kappa shape index (κ3) is 4.85.